The van der Waals surface area contributed by atoms with Crippen LogP contribution >= 0.6 is 0 Å². The van der Waals surface area contributed by atoms with E-state index < -0.39 is 0 Å². The van der Waals surface area contributed by atoms with Crippen LogP contribution in [0.15, 0.2) is 12.4 Å². The van der Waals surface area contributed by atoms with E-state index in [2.05, 4.69) is 10.4 Å². The Bertz CT molecular complexity index is 391. The highest BCUT2D eigenvalue weighted by Crippen LogP contribution is 2.10. The molecule has 1 N–H and O–H groups in total. The van der Waals surface area contributed by atoms with Gasteiger partial charge in [0.1, 0.15) is 6.10 Å². The summed E-state index contributed by atoms with van der Waals surface area (Å²) in [7, 11) is 1.78. The molecule has 1 saturated heterocycles. The molecule has 1 fully saturated rings. The molecule has 2 rings (SSSR count). The number of hydrogen-bond acceptors (Lipinski definition) is 4. The van der Waals surface area contributed by atoms with Crippen LogP contribution in [0.5, 0.6) is 0 Å². The number of carbonyl (C=O) groups excluding carboxylic acids is 1. The molecule has 0 spiro atoms. The van der Waals surface area contributed by atoms with E-state index in [-0.39, 0.29) is 18.1 Å². The molecular weight excluding hydrogens is 222 g/mol. The maximum atomic E-state index is 11.9. The Morgan fingerprint density at radius 2 is 2.53 bits per heavy atom. The molecular formula is C11H17N3O3. The van der Waals surface area contributed by atoms with Gasteiger partial charge in [0.05, 0.1) is 31.0 Å². The molecule has 17 heavy (non-hydrogen) atoms. The summed E-state index contributed by atoms with van der Waals surface area (Å²) in [4.78, 5) is 11.9. The van der Waals surface area contributed by atoms with E-state index >= 15 is 0 Å². The summed E-state index contributed by atoms with van der Waals surface area (Å²) in [6.07, 6.45) is 3.17. The highest BCUT2D eigenvalue weighted by molar-refractivity contribution is 5.93. The smallest absolute Gasteiger partial charge is 0.254 e. The van der Waals surface area contributed by atoms with Crippen LogP contribution in [0.3, 0.4) is 0 Å². The third-order valence-corrected chi connectivity index (χ3v) is 2.69. The quantitative estimate of drug-likeness (QED) is 0.800. The van der Waals surface area contributed by atoms with E-state index in [9.17, 15) is 4.79 Å². The van der Waals surface area contributed by atoms with Gasteiger partial charge in [-0.3, -0.25) is 9.48 Å². The van der Waals surface area contributed by atoms with Crippen molar-refractivity contribution in [3.8, 4) is 0 Å². The first-order valence-corrected chi connectivity index (χ1v) is 5.69. The summed E-state index contributed by atoms with van der Waals surface area (Å²) in [6.45, 7) is 3.58. The third kappa shape index (κ3) is 2.83. The minimum absolute atomic E-state index is 0.0550. The summed E-state index contributed by atoms with van der Waals surface area (Å²) in [6, 6.07) is -0.0809. The molecule has 0 aromatic carbocycles. The van der Waals surface area contributed by atoms with Crippen molar-refractivity contribution >= 4 is 5.91 Å². The van der Waals surface area contributed by atoms with Crippen LogP contribution in [0.25, 0.3) is 0 Å². The van der Waals surface area contributed by atoms with Gasteiger partial charge < -0.3 is 14.8 Å². The summed E-state index contributed by atoms with van der Waals surface area (Å²) in [5.41, 5.74) is 0.551. The zero-order valence-electron chi connectivity index (χ0n) is 10.0. The zero-order chi connectivity index (χ0) is 12.3. The summed E-state index contributed by atoms with van der Waals surface area (Å²) < 4.78 is 12.4. The summed E-state index contributed by atoms with van der Waals surface area (Å²) in [5.74, 6) is -0.140. The lowest BCUT2D eigenvalue weighted by Crippen LogP contribution is -2.43. The van der Waals surface area contributed by atoms with Crippen LogP contribution in [0, 0.1) is 0 Å². The Kier molecular flexibility index (Phi) is 3.75. The SMILES string of the molecule is CCO[C@H]1COC[C@@H]1NC(=O)c1cnn(C)c1. The Balaban J connectivity index is 1.94. The molecule has 6 nitrogen and oxygen atoms in total. The molecule has 2 heterocycles. The van der Waals surface area contributed by atoms with Crippen molar-refractivity contribution in [2.24, 2.45) is 7.05 Å². The van der Waals surface area contributed by atoms with Crippen molar-refractivity contribution in [2.45, 2.75) is 19.1 Å². The number of hydrogen-bond donors (Lipinski definition) is 1. The van der Waals surface area contributed by atoms with Gasteiger partial charge >= 0.3 is 0 Å². The van der Waals surface area contributed by atoms with Gasteiger partial charge in [-0.1, -0.05) is 0 Å². The fourth-order valence-electron chi connectivity index (χ4n) is 1.84. The molecule has 6 heteroatoms. The van der Waals surface area contributed by atoms with Crippen LogP contribution in [0.2, 0.25) is 0 Å². The molecule has 94 valence electrons. The summed E-state index contributed by atoms with van der Waals surface area (Å²) >= 11 is 0. The van der Waals surface area contributed by atoms with Crippen molar-refractivity contribution in [2.75, 3.05) is 19.8 Å². The molecule has 0 bridgehead atoms. The molecule has 0 unspecified atom stereocenters. The second kappa shape index (κ2) is 5.29. The molecule has 0 saturated carbocycles. The number of rotatable bonds is 4. The fourth-order valence-corrected chi connectivity index (χ4v) is 1.84. The molecule has 2 atom stereocenters. The van der Waals surface area contributed by atoms with Crippen LogP contribution < -0.4 is 5.32 Å². The minimum Gasteiger partial charge on any atom is -0.376 e. The average molecular weight is 239 g/mol. The average Bonchev–Trinajstić information content (AvgIpc) is 2.89. The molecule has 1 aliphatic heterocycles. The number of nitrogens with one attached hydrogen (secondary N) is 1. The predicted molar refractivity (Wildman–Crippen MR) is 60.7 cm³/mol. The topological polar surface area (TPSA) is 65.4 Å². The first-order chi connectivity index (χ1) is 8.20. The number of carbonyl (C=O) groups is 1. The van der Waals surface area contributed by atoms with Gasteiger partial charge in [0.15, 0.2) is 0 Å². The number of aryl methyl sites for hydroxylation is 1. The first-order valence-electron chi connectivity index (χ1n) is 5.69. The van der Waals surface area contributed by atoms with Crippen LogP contribution in [-0.4, -0.2) is 47.7 Å². The third-order valence-electron chi connectivity index (χ3n) is 2.69. The lowest BCUT2D eigenvalue weighted by molar-refractivity contribution is 0.0402. The van der Waals surface area contributed by atoms with Crippen molar-refractivity contribution in [1.29, 1.82) is 0 Å². The van der Waals surface area contributed by atoms with Crippen molar-refractivity contribution in [3.05, 3.63) is 18.0 Å². The molecule has 1 aromatic rings. The Hall–Kier alpha value is -1.40. The minimum atomic E-state index is -0.140. The second-order valence-electron chi connectivity index (χ2n) is 4.01. The van der Waals surface area contributed by atoms with Gasteiger partial charge in [-0.15, -0.1) is 0 Å². The summed E-state index contributed by atoms with van der Waals surface area (Å²) in [5, 5.41) is 6.86. The van der Waals surface area contributed by atoms with E-state index in [0.717, 1.165) is 0 Å². The number of ether oxygens (including phenoxy) is 2. The van der Waals surface area contributed by atoms with Gasteiger partial charge in [0.25, 0.3) is 5.91 Å². The highest BCUT2D eigenvalue weighted by Gasteiger charge is 2.30. The van der Waals surface area contributed by atoms with E-state index in [1.807, 2.05) is 6.92 Å². The number of amides is 1. The van der Waals surface area contributed by atoms with Crippen molar-refractivity contribution in [3.63, 3.8) is 0 Å². The van der Waals surface area contributed by atoms with E-state index in [0.29, 0.717) is 25.4 Å². The van der Waals surface area contributed by atoms with Crippen LogP contribution in [-0.2, 0) is 16.5 Å². The van der Waals surface area contributed by atoms with Gasteiger partial charge in [0.2, 0.25) is 0 Å². The lowest BCUT2D eigenvalue weighted by atomic mass is 10.2. The molecule has 0 aliphatic carbocycles. The Morgan fingerprint density at radius 1 is 1.71 bits per heavy atom. The van der Waals surface area contributed by atoms with E-state index in [1.165, 1.54) is 0 Å². The largest absolute Gasteiger partial charge is 0.376 e. The van der Waals surface area contributed by atoms with Crippen molar-refractivity contribution < 1.29 is 14.3 Å². The Morgan fingerprint density at radius 3 is 3.18 bits per heavy atom. The monoisotopic (exact) mass is 239 g/mol. The predicted octanol–water partition coefficient (Wildman–Crippen LogP) is -0.0462. The van der Waals surface area contributed by atoms with Crippen molar-refractivity contribution in [1.82, 2.24) is 15.1 Å². The highest BCUT2D eigenvalue weighted by atomic mass is 16.5. The fraction of sp³-hybridized carbons (Fsp3) is 0.636. The van der Waals surface area contributed by atoms with Gasteiger partial charge in [0, 0.05) is 19.9 Å². The molecule has 0 radical (unpaired) electrons. The standard InChI is InChI=1S/C11H17N3O3/c1-3-17-10-7-16-6-9(10)13-11(15)8-4-12-14(2)5-8/h4-5,9-10H,3,6-7H2,1-2H3,(H,13,15)/t9-,10-/m0/s1. The lowest BCUT2D eigenvalue weighted by Gasteiger charge is -2.18. The maximum Gasteiger partial charge on any atom is 0.254 e. The van der Waals surface area contributed by atoms with Crippen LogP contribution in [0.4, 0.5) is 0 Å². The Labute approximate surface area is 99.9 Å². The van der Waals surface area contributed by atoms with E-state index in [4.69, 9.17) is 9.47 Å². The van der Waals surface area contributed by atoms with Crippen LogP contribution in [0.1, 0.15) is 17.3 Å². The second-order valence-corrected chi connectivity index (χ2v) is 4.01. The van der Waals surface area contributed by atoms with Gasteiger partial charge in [-0.25, -0.2) is 0 Å². The number of aromatic nitrogens is 2. The van der Waals surface area contributed by atoms with Gasteiger partial charge in [-0.2, -0.15) is 5.10 Å². The normalized spacial score (nSPS) is 23.9. The molecule has 1 amide bonds. The maximum absolute atomic E-state index is 11.9. The van der Waals surface area contributed by atoms with Gasteiger partial charge in [-0.05, 0) is 6.92 Å². The molecule has 1 aromatic heterocycles. The van der Waals surface area contributed by atoms with E-state index in [1.54, 1.807) is 24.1 Å². The number of nitrogens with zero attached hydrogens (tertiary/aromatic N) is 2. The first kappa shape index (κ1) is 12.1. The zero-order valence-corrected chi connectivity index (χ0v) is 10.0. The molecule has 1 aliphatic rings.